The summed E-state index contributed by atoms with van der Waals surface area (Å²) in [5, 5.41) is 18.3. The van der Waals surface area contributed by atoms with E-state index < -0.39 is 17.7 Å². The van der Waals surface area contributed by atoms with E-state index in [0.29, 0.717) is 23.4 Å². The van der Waals surface area contributed by atoms with Gasteiger partial charge >= 0.3 is 12.1 Å². The van der Waals surface area contributed by atoms with E-state index >= 15 is 0 Å². The van der Waals surface area contributed by atoms with Crippen molar-refractivity contribution < 1.29 is 32.6 Å². The second kappa shape index (κ2) is 12.6. The molecule has 0 bridgehead atoms. The molecule has 0 aliphatic heterocycles. The predicted molar refractivity (Wildman–Crippen MR) is 162 cm³/mol. The maximum atomic E-state index is 13.5. The second-order valence-corrected chi connectivity index (χ2v) is 10.6. The summed E-state index contributed by atoms with van der Waals surface area (Å²) < 4.78 is 48.2. The molecule has 0 aliphatic rings. The number of carbonyl (C=O) groups is 2. The van der Waals surface area contributed by atoms with Crippen molar-refractivity contribution in [3.05, 3.63) is 108 Å². The normalized spacial score (nSPS) is 11.6. The lowest BCUT2D eigenvalue weighted by Gasteiger charge is -2.16. The molecule has 0 saturated heterocycles. The third kappa shape index (κ3) is 7.08. The average Bonchev–Trinajstić information content (AvgIpc) is 3.39. The van der Waals surface area contributed by atoms with E-state index in [9.17, 15) is 22.8 Å². The molecule has 0 spiro atoms. The molecule has 0 radical (unpaired) electrons. The molecule has 0 unspecified atom stereocenters. The molecule has 0 fully saturated rings. The summed E-state index contributed by atoms with van der Waals surface area (Å²) in [6, 6.07) is 26.1. The van der Waals surface area contributed by atoms with Crippen molar-refractivity contribution in [1.82, 2.24) is 15.1 Å². The smallest absolute Gasteiger partial charge is 0.416 e. The largest absolute Gasteiger partial charge is 0.490 e. The van der Waals surface area contributed by atoms with E-state index in [1.807, 2.05) is 48.5 Å². The van der Waals surface area contributed by atoms with Gasteiger partial charge in [-0.05, 0) is 72.6 Å². The standard InChI is InChI=1S/C34H30F3N3O4/c1-21(2)44-31-18-27(34(35,36)37)13-14-28(31)29-19-30(26-12-11-23-5-3-4-6-25(23)17-26)40(39-29)20-22-7-9-24(10-8-22)33(43)38-16-15-32(41)42/h3-14,17-19,21H,15-16,20H2,1-2H3,(H,38,43)(H,41,42). The first-order valence-electron chi connectivity index (χ1n) is 14.0. The number of nitrogens with one attached hydrogen (secondary N) is 1. The van der Waals surface area contributed by atoms with Gasteiger partial charge in [-0.2, -0.15) is 18.3 Å². The molecule has 0 atom stereocenters. The first kappa shape index (κ1) is 30.3. The minimum absolute atomic E-state index is 0.0214. The number of halogens is 3. The van der Waals surface area contributed by atoms with Gasteiger partial charge in [0.2, 0.25) is 0 Å². The Kier molecular flexibility index (Phi) is 8.71. The molecule has 1 aromatic heterocycles. The predicted octanol–water partition coefficient (Wildman–Crippen LogP) is 7.43. The van der Waals surface area contributed by atoms with Crippen molar-refractivity contribution >= 4 is 22.6 Å². The summed E-state index contributed by atoms with van der Waals surface area (Å²) in [6.45, 7) is 3.83. The highest BCUT2D eigenvalue weighted by molar-refractivity contribution is 5.94. The number of ether oxygens (including phenoxy) is 1. The van der Waals surface area contributed by atoms with Crippen LogP contribution in [0.5, 0.6) is 5.75 Å². The Balaban J connectivity index is 1.53. The van der Waals surface area contributed by atoms with Crippen LogP contribution >= 0.6 is 0 Å². The number of aliphatic carboxylic acids is 1. The molecule has 7 nitrogen and oxygen atoms in total. The number of hydrogen-bond donors (Lipinski definition) is 2. The van der Waals surface area contributed by atoms with Crippen LogP contribution in [0.1, 0.15) is 41.8 Å². The van der Waals surface area contributed by atoms with E-state index in [-0.39, 0.29) is 30.7 Å². The number of carbonyl (C=O) groups excluding carboxylic acids is 1. The fraction of sp³-hybridized carbons (Fsp3) is 0.206. The number of rotatable bonds is 10. The number of hydrogen-bond acceptors (Lipinski definition) is 4. The van der Waals surface area contributed by atoms with Gasteiger partial charge in [0, 0.05) is 23.2 Å². The van der Waals surface area contributed by atoms with Crippen molar-refractivity contribution in [2.24, 2.45) is 0 Å². The Hall–Kier alpha value is -5.12. The molecular weight excluding hydrogens is 571 g/mol. The highest BCUT2D eigenvalue weighted by Crippen LogP contribution is 2.39. The Morgan fingerprint density at radius 1 is 0.932 bits per heavy atom. The van der Waals surface area contributed by atoms with Crippen LogP contribution in [0.15, 0.2) is 91.0 Å². The van der Waals surface area contributed by atoms with Crippen LogP contribution in [0.25, 0.3) is 33.3 Å². The number of nitrogens with zero attached hydrogens (tertiary/aromatic N) is 2. The first-order chi connectivity index (χ1) is 21.0. The van der Waals surface area contributed by atoms with Crippen LogP contribution in [-0.2, 0) is 17.5 Å². The summed E-state index contributed by atoms with van der Waals surface area (Å²) in [6.07, 6.45) is -5.06. The van der Waals surface area contributed by atoms with Gasteiger partial charge in [-0.15, -0.1) is 0 Å². The van der Waals surface area contributed by atoms with Gasteiger partial charge in [-0.1, -0.05) is 48.5 Å². The van der Waals surface area contributed by atoms with Crippen LogP contribution in [0, 0.1) is 0 Å². The van der Waals surface area contributed by atoms with E-state index in [1.54, 1.807) is 42.8 Å². The molecule has 1 amide bonds. The van der Waals surface area contributed by atoms with Gasteiger partial charge in [0.05, 0.1) is 36.0 Å². The lowest BCUT2D eigenvalue weighted by atomic mass is 10.0. The third-order valence-corrected chi connectivity index (χ3v) is 6.95. The summed E-state index contributed by atoms with van der Waals surface area (Å²) in [5.41, 5.74) is 2.91. The molecule has 10 heteroatoms. The maximum absolute atomic E-state index is 13.5. The first-order valence-corrected chi connectivity index (χ1v) is 14.0. The quantitative estimate of drug-likeness (QED) is 0.174. The summed E-state index contributed by atoms with van der Waals surface area (Å²) in [7, 11) is 0. The number of carboxylic acids is 1. The molecule has 5 aromatic rings. The Morgan fingerprint density at radius 2 is 1.66 bits per heavy atom. The van der Waals surface area contributed by atoms with Crippen LogP contribution in [0.4, 0.5) is 13.2 Å². The van der Waals surface area contributed by atoms with Crippen molar-refractivity contribution in [2.45, 2.75) is 39.1 Å². The number of aromatic nitrogens is 2. The van der Waals surface area contributed by atoms with Gasteiger partial charge in [0.25, 0.3) is 5.91 Å². The van der Waals surface area contributed by atoms with Gasteiger partial charge in [-0.3, -0.25) is 14.3 Å². The van der Waals surface area contributed by atoms with Gasteiger partial charge in [-0.25, -0.2) is 0 Å². The van der Waals surface area contributed by atoms with Crippen molar-refractivity contribution in [3.63, 3.8) is 0 Å². The summed E-state index contributed by atoms with van der Waals surface area (Å²) in [4.78, 5) is 23.1. The summed E-state index contributed by atoms with van der Waals surface area (Å²) >= 11 is 0. The lowest BCUT2D eigenvalue weighted by molar-refractivity contribution is -0.138. The minimum atomic E-state index is -4.53. The van der Waals surface area contributed by atoms with E-state index in [4.69, 9.17) is 14.9 Å². The summed E-state index contributed by atoms with van der Waals surface area (Å²) in [5.74, 6) is -1.29. The van der Waals surface area contributed by atoms with E-state index in [0.717, 1.165) is 39.7 Å². The zero-order chi connectivity index (χ0) is 31.4. The molecular formula is C34H30F3N3O4. The third-order valence-electron chi connectivity index (χ3n) is 6.95. The number of alkyl halides is 3. The van der Waals surface area contributed by atoms with E-state index in [2.05, 4.69) is 5.32 Å². The minimum Gasteiger partial charge on any atom is -0.490 e. The van der Waals surface area contributed by atoms with Crippen molar-refractivity contribution in [2.75, 3.05) is 6.54 Å². The number of carboxylic acid groups (broad SMARTS) is 1. The van der Waals surface area contributed by atoms with Crippen molar-refractivity contribution in [1.29, 1.82) is 0 Å². The van der Waals surface area contributed by atoms with Crippen molar-refractivity contribution in [3.8, 4) is 28.3 Å². The fourth-order valence-electron chi connectivity index (χ4n) is 4.83. The van der Waals surface area contributed by atoms with Gasteiger partial charge in [0.15, 0.2) is 0 Å². The Bertz CT molecular complexity index is 1810. The van der Waals surface area contributed by atoms with E-state index in [1.165, 1.54) is 6.07 Å². The molecule has 1 heterocycles. The van der Waals surface area contributed by atoms with Crippen LogP contribution in [-0.4, -0.2) is 39.4 Å². The zero-order valence-electron chi connectivity index (χ0n) is 24.1. The maximum Gasteiger partial charge on any atom is 0.416 e. The molecule has 4 aromatic carbocycles. The van der Waals surface area contributed by atoms with Crippen LogP contribution < -0.4 is 10.1 Å². The molecule has 0 saturated carbocycles. The molecule has 44 heavy (non-hydrogen) atoms. The number of amides is 1. The second-order valence-electron chi connectivity index (χ2n) is 10.6. The number of benzene rings is 4. The molecule has 0 aliphatic carbocycles. The van der Waals surface area contributed by atoms with Gasteiger partial charge in [0.1, 0.15) is 5.75 Å². The topological polar surface area (TPSA) is 93.5 Å². The lowest BCUT2D eigenvalue weighted by Crippen LogP contribution is -2.25. The SMILES string of the molecule is CC(C)Oc1cc(C(F)(F)F)ccc1-c1cc(-c2ccc3ccccc3c2)n(Cc2ccc(C(=O)NCCC(=O)O)cc2)n1. The zero-order valence-corrected chi connectivity index (χ0v) is 24.1. The Morgan fingerprint density at radius 3 is 2.34 bits per heavy atom. The fourth-order valence-corrected chi connectivity index (χ4v) is 4.83. The highest BCUT2D eigenvalue weighted by Gasteiger charge is 2.32. The average molecular weight is 602 g/mol. The Labute approximate surface area is 251 Å². The van der Waals surface area contributed by atoms with Gasteiger partial charge < -0.3 is 15.2 Å². The molecule has 5 rings (SSSR count). The van der Waals surface area contributed by atoms with Crippen LogP contribution in [0.3, 0.4) is 0 Å². The van der Waals surface area contributed by atoms with Crippen LogP contribution in [0.2, 0.25) is 0 Å². The monoisotopic (exact) mass is 601 g/mol. The molecule has 226 valence electrons. The molecule has 2 N–H and O–H groups in total. The highest BCUT2D eigenvalue weighted by atomic mass is 19.4. The number of fused-ring (bicyclic) bond motifs is 1.